The van der Waals surface area contributed by atoms with E-state index in [1.165, 1.54) is 6.26 Å². The predicted molar refractivity (Wildman–Crippen MR) is 83.5 cm³/mol. The Morgan fingerprint density at radius 3 is 2.76 bits per heavy atom. The molecule has 2 heterocycles. The zero-order valence-corrected chi connectivity index (χ0v) is 14.1. The Balaban J connectivity index is 1.84. The molecule has 1 aromatic heterocycles. The second-order valence-corrected chi connectivity index (χ2v) is 8.87. The van der Waals surface area contributed by atoms with Crippen LogP contribution in [0.2, 0.25) is 0 Å². The maximum Gasteiger partial charge on any atom is 0.208 e. The van der Waals surface area contributed by atoms with E-state index >= 15 is 0 Å². The molecule has 1 aliphatic heterocycles. The quantitative estimate of drug-likeness (QED) is 0.852. The molecule has 0 radical (unpaired) electrons. The summed E-state index contributed by atoms with van der Waals surface area (Å²) < 4.78 is 24.8. The highest BCUT2D eigenvalue weighted by molar-refractivity contribution is 7.88. The number of nitrogens with one attached hydrogen (secondary N) is 2. The van der Waals surface area contributed by atoms with Gasteiger partial charge in [0.25, 0.3) is 0 Å². The van der Waals surface area contributed by atoms with Gasteiger partial charge in [0.1, 0.15) is 0 Å². The van der Waals surface area contributed by atoms with Crippen LogP contribution in [0.3, 0.4) is 0 Å². The van der Waals surface area contributed by atoms with E-state index in [1.54, 1.807) is 0 Å². The average Bonchev–Trinajstić information content (AvgIpc) is 2.94. The molecular weight excluding hydrogens is 288 g/mol. The number of sulfonamides is 1. The molecule has 1 atom stereocenters. The lowest BCUT2D eigenvalue weighted by atomic mass is 9.92. The van der Waals surface area contributed by atoms with Crippen molar-refractivity contribution in [1.82, 2.24) is 19.8 Å². The van der Waals surface area contributed by atoms with Gasteiger partial charge in [0.05, 0.1) is 11.9 Å². The van der Waals surface area contributed by atoms with Crippen molar-refractivity contribution >= 4 is 10.0 Å². The summed E-state index contributed by atoms with van der Waals surface area (Å²) in [5.74, 6) is 0.393. The minimum atomic E-state index is -3.09. The van der Waals surface area contributed by atoms with Crippen molar-refractivity contribution in [2.75, 3.05) is 25.9 Å². The SMILES string of the molecule is CC(C)(C)c1cc(CN2CC[C@@H](CNS(C)(=O)=O)C2)[nH]n1. The number of aromatic amines is 1. The molecule has 1 fully saturated rings. The van der Waals surface area contributed by atoms with Gasteiger partial charge in [-0.25, -0.2) is 13.1 Å². The summed E-state index contributed by atoms with van der Waals surface area (Å²) in [5, 5.41) is 7.48. The Labute approximate surface area is 127 Å². The third kappa shape index (κ3) is 5.09. The van der Waals surface area contributed by atoms with Gasteiger partial charge < -0.3 is 0 Å². The van der Waals surface area contributed by atoms with E-state index in [0.717, 1.165) is 37.4 Å². The molecule has 1 aliphatic rings. The highest BCUT2D eigenvalue weighted by Gasteiger charge is 2.24. The first kappa shape index (κ1) is 16.5. The highest BCUT2D eigenvalue weighted by atomic mass is 32.2. The average molecular weight is 314 g/mol. The number of rotatable bonds is 5. The molecule has 7 heteroatoms. The molecule has 1 saturated heterocycles. The van der Waals surface area contributed by atoms with Crippen LogP contribution in [0.15, 0.2) is 6.07 Å². The molecule has 0 aliphatic carbocycles. The van der Waals surface area contributed by atoms with Crippen molar-refractivity contribution in [2.45, 2.75) is 39.2 Å². The van der Waals surface area contributed by atoms with Gasteiger partial charge in [0.2, 0.25) is 10.0 Å². The normalized spacial score (nSPS) is 21.0. The molecule has 0 amide bonds. The van der Waals surface area contributed by atoms with Crippen LogP contribution in [0.5, 0.6) is 0 Å². The molecule has 0 spiro atoms. The third-order valence-corrected chi connectivity index (χ3v) is 4.49. The lowest BCUT2D eigenvalue weighted by Gasteiger charge is -2.15. The van der Waals surface area contributed by atoms with Gasteiger partial charge in [-0.05, 0) is 24.9 Å². The molecule has 0 saturated carbocycles. The van der Waals surface area contributed by atoms with E-state index in [4.69, 9.17) is 0 Å². The summed E-state index contributed by atoms with van der Waals surface area (Å²) in [5.41, 5.74) is 2.26. The molecule has 2 rings (SSSR count). The van der Waals surface area contributed by atoms with Crippen LogP contribution in [-0.4, -0.2) is 49.4 Å². The summed E-state index contributed by atoms with van der Waals surface area (Å²) in [6.07, 6.45) is 2.24. The second kappa shape index (κ2) is 6.06. The molecule has 6 nitrogen and oxygen atoms in total. The molecule has 21 heavy (non-hydrogen) atoms. The number of likely N-dealkylation sites (tertiary alicyclic amines) is 1. The van der Waals surface area contributed by atoms with Gasteiger partial charge >= 0.3 is 0 Å². The number of H-pyrrole nitrogens is 1. The number of aromatic nitrogens is 2. The van der Waals surface area contributed by atoms with E-state index in [-0.39, 0.29) is 5.41 Å². The smallest absolute Gasteiger partial charge is 0.208 e. The van der Waals surface area contributed by atoms with Crippen molar-refractivity contribution in [2.24, 2.45) is 5.92 Å². The van der Waals surface area contributed by atoms with E-state index in [1.807, 2.05) is 0 Å². The molecule has 120 valence electrons. The van der Waals surface area contributed by atoms with Crippen LogP contribution >= 0.6 is 0 Å². The topological polar surface area (TPSA) is 78.1 Å². The van der Waals surface area contributed by atoms with Crippen LogP contribution in [0.1, 0.15) is 38.6 Å². The van der Waals surface area contributed by atoms with E-state index in [0.29, 0.717) is 12.5 Å². The maximum absolute atomic E-state index is 11.1. The number of hydrogen-bond acceptors (Lipinski definition) is 4. The molecule has 0 aromatic carbocycles. The lowest BCUT2D eigenvalue weighted by molar-refractivity contribution is 0.312. The zero-order valence-electron chi connectivity index (χ0n) is 13.3. The van der Waals surface area contributed by atoms with Crippen LogP contribution in [0.25, 0.3) is 0 Å². The van der Waals surface area contributed by atoms with Crippen molar-refractivity contribution in [3.8, 4) is 0 Å². The van der Waals surface area contributed by atoms with Crippen molar-refractivity contribution < 1.29 is 8.42 Å². The molecule has 1 aromatic rings. The Morgan fingerprint density at radius 1 is 1.48 bits per heavy atom. The van der Waals surface area contributed by atoms with Gasteiger partial charge in [-0.15, -0.1) is 0 Å². The largest absolute Gasteiger partial charge is 0.297 e. The summed E-state index contributed by atoms with van der Waals surface area (Å²) in [6.45, 7) is 9.75. The van der Waals surface area contributed by atoms with Gasteiger partial charge in [-0.2, -0.15) is 5.10 Å². The van der Waals surface area contributed by atoms with Crippen molar-refractivity contribution in [3.63, 3.8) is 0 Å². The fourth-order valence-electron chi connectivity index (χ4n) is 2.56. The monoisotopic (exact) mass is 314 g/mol. The Bertz CT molecular complexity index is 574. The molecule has 2 N–H and O–H groups in total. The molecule has 0 unspecified atom stereocenters. The number of hydrogen-bond donors (Lipinski definition) is 2. The van der Waals surface area contributed by atoms with Crippen LogP contribution in [0, 0.1) is 5.92 Å². The summed E-state index contributed by atoms with van der Waals surface area (Å²) in [7, 11) is -3.09. The van der Waals surface area contributed by atoms with E-state index in [9.17, 15) is 8.42 Å². The molecule has 0 bridgehead atoms. The fourth-order valence-corrected chi connectivity index (χ4v) is 3.10. The van der Waals surface area contributed by atoms with Crippen LogP contribution in [-0.2, 0) is 22.0 Å². The van der Waals surface area contributed by atoms with E-state index < -0.39 is 10.0 Å². The Morgan fingerprint density at radius 2 is 2.19 bits per heavy atom. The first-order valence-electron chi connectivity index (χ1n) is 7.35. The minimum Gasteiger partial charge on any atom is -0.297 e. The van der Waals surface area contributed by atoms with Crippen LogP contribution in [0.4, 0.5) is 0 Å². The first-order chi connectivity index (χ1) is 9.63. The Hall–Kier alpha value is -0.920. The van der Waals surface area contributed by atoms with E-state index in [2.05, 4.69) is 46.7 Å². The van der Waals surface area contributed by atoms with Crippen molar-refractivity contribution in [1.29, 1.82) is 0 Å². The van der Waals surface area contributed by atoms with Crippen molar-refractivity contribution in [3.05, 3.63) is 17.5 Å². The summed E-state index contributed by atoms with van der Waals surface area (Å²) >= 11 is 0. The summed E-state index contributed by atoms with van der Waals surface area (Å²) in [6, 6.07) is 2.13. The predicted octanol–water partition coefficient (Wildman–Crippen LogP) is 1.08. The van der Waals surface area contributed by atoms with Gasteiger partial charge in [0.15, 0.2) is 0 Å². The third-order valence-electron chi connectivity index (χ3n) is 3.80. The standard InChI is InChI=1S/C14H26N4O2S/c1-14(2,3)13-7-12(16-17-13)10-18-6-5-11(9-18)8-15-21(4,19)20/h7,11,15H,5-6,8-10H2,1-4H3,(H,16,17)/t11-/m0/s1. The van der Waals surface area contributed by atoms with Gasteiger partial charge in [-0.3, -0.25) is 10.00 Å². The van der Waals surface area contributed by atoms with Gasteiger partial charge in [0, 0.05) is 30.7 Å². The summed E-state index contributed by atoms with van der Waals surface area (Å²) in [4.78, 5) is 2.34. The molecular formula is C14H26N4O2S. The lowest BCUT2D eigenvalue weighted by Crippen LogP contribution is -2.30. The minimum absolute atomic E-state index is 0.0572. The first-order valence-corrected chi connectivity index (χ1v) is 9.24. The van der Waals surface area contributed by atoms with Gasteiger partial charge in [-0.1, -0.05) is 20.8 Å². The highest BCUT2D eigenvalue weighted by Crippen LogP contribution is 2.22. The number of nitrogens with zero attached hydrogens (tertiary/aromatic N) is 2. The van der Waals surface area contributed by atoms with Crippen LogP contribution < -0.4 is 4.72 Å². The maximum atomic E-state index is 11.1. The fraction of sp³-hybridized carbons (Fsp3) is 0.786. The second-order valence-electron chi connectivity index (χ2n) is 7.04. The zero-order chi connectivity index (χ0) is 15.7. The Kier molecular flexibility index (Phi) is 4.75.